The molecule has 2 aromatic carbocycles. The molecule has 1 aliphatic heterocycles. The van der Waals surface area contributed by atoms with Gasteiger partial charge in [-0.3, -0.25) is 4.79 Å². The van der Waals surface area contributed by atoms with Crippen LogP contribution in [0.25, 0.3) is 0 Å². The summed E-state index contributed by atoms with van der Waals surface area (Å²) in [5.74, 6) is 0.520. The third-order valence-corrected chi connectivity index (χ3v) is 4.96. The zero-order valence-electron chi connectivity index (χ0n) is 14.6. The number of carbonyl (C=O) groups is 1. The van der Waals surface area contributed by atoms with Crippen LogP contribution in [0.1, 0.15) is 25.3 Å². The number of nitrogens with zero attached hydrogens (tertiary/aromatic N) is 1. The predicted molar refractivity (Wildman–Crippen MR) is 105 cm³/mol. The minimum atomic E-state index is -0.571. The molecule has 0 saturated carbocycles. The van der Waals surface area contributed by atoms with Crippen molar-refractivity contribution in [3.8, 4) is 5.75 Å². The van der Waals surface area contributed by atoms with Crippen molar-refractivity contribution in [3.05, 3.63) is 52.5 Å². The highest BCUT2D eigenvalue weighted by Gasteiger charge is 2.17. The Bertz CT molecular complexity index is 740. The van der Waals surface area contributed by atoms with Crippen LogP contribution in [0.3, 0.4) is 0 Å². The molecule has 1 unspecified atom stereocenters. The van der Waals surface area contributed by atoms with Gasteiger partial charge in [0.25, 0.3) is 5.91 Å². The summed E-state index contributed by atoms with van der Waals surface area (Å²) in [6.45, 7) is 6.01. The van der Waals surface area contributed by atoms with Gasteiger partial charge in [0.15, 0.2) is 6.10 Å². The topological polar surface area (TPSA) is 41.6 Å². The predicted octanol–water partition coefficient (Wildman–Crippen LogP) is 4.76. The molecular formula is C20H23BrN2O2. The quantitative estimate of drug-likeness (QED) is 0.783. The fourth-order valence-corrected chi connectivity index (χ4v) is 3.23. The Morgan fingerprint density at radius 1 is 1.16 bits per heavy atom. The zero-order valence-corrected chi connectivity index (χ0v) is 16.2. The maximum Gasteiger partial charge on any atom is 0.265 e. The number of halogens is 1. The summed E-state index contributed by atoms with van der Waals surface area (Å²) in [6.07, 6.45) is 1.93. The standard InChI is InChI=1S/C20H23BrN2O2/c1-14-13-17(23-11-3-4-12-23)7-10-19(14)22-20(24)15(2)25-18-8-5-16(21)6-9-18/h5-10,13,15H,3-4,11-12H2,1-2H3,(H,22,24). The van der Waals surface area contributed by atoms with Crippen molar-refractivity contribution in [1.82, 2.24) is 0 Å². The van der Waals surface area contributed by atoms with Gasteiger partial charge in [0, 0.05) is 28.9 Å². The first-order chi connectivity index (χ1) is 12.0. The Hall–Kier alpha value is -2.01. The molecule has 0 aliphatic carbocycles. The maximum absolute atomic E-state index is 12.4. The van der Waals surface area contributed by atoms with Crippen molar-refractivity contribution >= 4 is 33.2 Å². The van der Waals surface area contributed by atoms with Gasteiger partial charge in [0.2, 0.25) is 0 Å². The second-order valence-electron chi connectivity index (χ2n) is 6.40. The third-order valence-electron chi connectivity index (χ3n) is 4.43. The molecule has 1 heterocycles. The molecule has 1 saturated heterocycles. The molecule has 1 aliphatic rings. The number of aryl methyl sites for hydroxylation is 1. The fourth-order valence-electron chi connectivity index (χ4n) is 2.97. The molecule has 2 aromatic rings. The molecule has 0 bridgehead atoms. The molecule has 1 fully saturated rings. The van der Waals surface area contributed by atoms with Crippen LogP contribution < -0.4 is 15.0 Å². The van der Waals surface area contributed by atoms with Crippen LogP contribution in [-0.2, 0) is 4.79 Å². The molecular weight excluding hydrogens is 380 g/mol. The Labute approximate surface area is 157 Å². The highest BCUT2D eigenvalue weighted by atomic mass is 79.9. The highest BCUT2D eigenvalue weighted by Crippen LogP contribution is 2.26. The van der Waals surface area contributed by atoms with E-state index >= 15 is 0 Å². The lowest BCUT2D eigenvalue weighted by Crippen LogP contribution is -2.30. The first-order valence-electron chi connectivity index (χ1n) is 8.61. The van der Waals surface area contributed by atoms with E-state index in [2.05, 4.69) is 38.3 Å². The fraction of sp³-hybridized carbons (Fsp3) is 0.350. The number of carbonyl (C=O) groups excluding carboxylic acids is 1. The van der Waals surface area contributed by atoms with Crippen molar-refractivity contribution in [3.63, 3.8) is 0 Å². The molecule has 5 heteroatoms. The molecule has 1 atom stereocenters. The van der Waals surface area contributed by atoms with E-state index in [0.29, 0.717) is 5.75 Å². The molecule has 4 nitrogen and oxygen atoms in total. The molecule has 1 amide bonds. The van der Waals surface area contributed by atoms with Gasteiger partial charge in [-0.15, -0.1) is 0 Å². The monoisotopic (exact) mass is 402 g/mol. The van der Waals surface area contributed by atoms with Crippen molar-refractivity contribution in [1.29, 1.82) is 0 Å². The second-order valence-corrected chi connectivity index (χ2v) is 7.31. The van der Waals surface area contributed by atoms with Gasteiger partial charge < -0.3 is 15.0 Å². The Kier molecular flexibility index (Phi) is 5.63. The molecule has 0 radical (unpaired) electrons. The van der Waals surface area contributed by atoms with E-state index < -0.39 is 6.10 Å². The van der Waals surface area contributed by atoms with E-state index in [1.807, 2.05) is 37.3 Å². The lowest BCUT2D eigenvalue weighted by molar-refractivity contribution is -0.122. The van der Waals surface area contributed by atoms with E-state index in [9.17, 15) is 4.79 Å². The largest absolute Gasteiger partial charge is 0.481 e. The number of benzene rings is 2. The van der Waals surface area contributed by atoms with E-state index in [0.717, 1.165) is 28.8 Å². The summed E-state index contributed by atoms with van der Waals surface area (Å²) in [5, 5.41) is 2.97. The van der Waals surface area contributed by atoms with Crippen molar-refractivity contribution in [2.45, 2.75) is 32.8 Å². The second kappa shape index (κ2) is 7.91. The molecule has 1 N–H and O–H groups in total. The summed E-state index contributed by atoms with van der Waals surface area (Å²) >= 11 is 3.38. The van der Waals surface area contributed by atoms with Crippen LogP contribution in [-0.4, -0.2) is 25.1 Å². The first kappa shape index (κ1) is 17.8. The molecule has 0 aromatic heterocycles. The van der Waals surface area contributed by atoms with E-state index in [1.165, 1.54) is 18.5 Å². The van der Waals surface area contributed by atoms with Crippen LogP contribution in [0.5, 0.6) is 5.75 Å². The number of rotatable bonds is 5. The van der Waals surface area contributed by atoms with Crippen molar-refractivity contribution < 1.29 is 9.53 Å². The lowest BCUT2D eigenvalue weighted by atomic mass is 10.1. The summed E-state index contributed by atoms with van der Waals surface area (Å²) in [5.41, 5.74) is 3.12. The molecule has 25 heavy (non-hydrogen) atoms. The smallest absolute Gasteiger partial charge is 0.265 e. The van der Waals surface area contributed by atoms with Gasteiger partial charge in [-0.05, 0) is 74.7 Å². The van der Waals surface area contributed by atoms with E-state index in [1.54, 1.807) is 6.92 Å². The Morgan fingerprint density at radius 3 is 2.48 bits per heavy atom. The summed E-state index contributed by atoms with van der Waals surface area (Å²) < 4.78 is 6.68. The van der Waals surface area contributed by atoms with Crippen molar-refractivity contribution in [2.24, 2.45) is 0 Å². The lowest BCUT2D eigenvalue weighted by Gasteiger charge is -2.20. The van der Waals surface area contributed by atoms with Gasteiger partial charge >= 0.3 is 0 Å². The number of hydrogen-bond acceptors (Lipinski definition) is 3. The van der Waals surface area contributed by atoms with Gasteiger partial charge in [-0.1, -0.05) is 15.9 Å². The number of ether oxygens (including phenoxy) is 1. The van der Waals surface area contributed by atoms with E-state index in [4.69, 9.17) is 4.74 Å². The molecule has 3 rings (SSSR count). The normalized spacial score (nSPS) is 15.1. The number of amides is 1. The highest BCUT2D eigenvalue weighted by molar-refractivity contribution is 9.10. The van der Waals surface area contributed by atoms with Gasteiger partial charge in [-0.25, -0.2) is 0 Å². The van der Waals surface area contributed by atoms with Crippen LogP contribution in [0.4, 0.5) is 11.4 Å². The number of hydrogen-bond donors (Lipinski definition) is 1. The Balaban J connectivity index is 1.62. The van der Waals surface area contributed by atoms with Gasteiger partial charge in [0.1, 0.15) is 5.75 Å². The van der Waals surface area contributed by atoms with Crippen molar-refractivity contribution in [2.75, 3.05) is 23.3 Å². The summed E-state index contributed by atoms with van der Waals surface area (Å²) in [4.78, 5) is 14.8. The SMILES string of the molecule is Cc1cc(N2CCCC2)ccc1NC(=O)C(C)Oc1ccc(Br)cc1. The molecule has 132 valence electrons. The zero-order chi connectivity index (χ0) is 17.8. The number of nitrogens with one attached hydrogen (secondary N) is 1. The van der Waals surface area contributed by atoms with Crippen LogP contribution >= 0.6 is 15.9 Å². The van der Waals surface area contributed by atoms with Crippen LogP contribution in [0.2, 0.25) is 0 Å². The minimum Gasteiger partial charge on any atom is -0.481 e. The summed E-state index contributed by atoms with van der Waals surface area (Å²) in [6, 6.07) is 13.7. The molecule has 0 spiro atoms. The van der Waals surface area contributed by atoms with Gasteiger partial charge in [-0.2, -0.15) is 0 Å². The average molecular weight is 403 g/mol. The summed E-state index contributed by atoms with van der Waals surface area (Å²) in [7, 11) is 0. The Morgan fingerprint density at radius 2 is 1.84 bits per heavy atom. The third kappa shape index (κ3) is 4.54. The minimum absolute atomic E-state index is 0.153. The van der Waals surface area contributed by atoms with Gasteiger partial charge in [0.05, 0.1) is 0 Å². The average Bonchev–Trinajstić information content (AvgIpc) is 3.13. The van der Waals surface area contributed by atoms with Crippen LogP contribution in [0, 0.1) is 6.92 Å². The number of anilines is 2. The van der Waals surface area contributed by atoms with E-state index in [-0.39, 0.29) is 5.91 Å². The first-order valence-corrected chi connectivity index (χ1v) is 9.41. The van der Waals surface area contributed by atoms with Crippen LogP contribution in [0.15, 0.2) is 46.9 Å². The maximum atomic E-state index is 12.4.